The van der Waals surface area contributed by atoms with Gasteiger partial charge in [-0.2, -0.15) is 0 Å². The van der Waals surface area contributed by atoms with Crippen LogP contribution in [0.15, 0.2) is 36.4 Å². The van der Waals surface area contributed by atoms with E-state index in [9.17, 15) is 14.4 Å². The van der Waals surface area contributed by atoms with Crippen molar-refractivity contribution < 1.29 is 38.1 Å². The van der Waals surface area contributed by atoms with E-state index in [1.54, 1.807) is 12.1 Å². The Labute approximate surface area is 179 Å². The maximum atomic E-state index is 12.5. The highest BCUT2D eigenvalue weighted by atomic mass is 16.5. The lowest BCUT2D eigenvalue weighted by Gasteiger charge is -2.14. The molecule has 9 heteroatoms. The van der Waals surface area contributed by atoms with Crippen LogP contribution >= 0.6 is 0 Å². The summed E-state index contributed by atoms with van der Waals surface area (Å²) in [6.45, 7) is 0. The van der Waals surface area contributed by atoms with Gasteiger partial charge >= 0.3 is 11.9 Å². The Hall–Kier alpha value is -4.01. The van der Waals surface area contributed by atoms with E-state index < -0.39 is 17.8 Å². The molecular formula is C22H23NO8. The summed E-state index contributed by atoms with van der Waals surface area (Å²) in [4.78, 5) is 36.3. The lowest BCUT2D eigenvalue weighted by molar-refractivity contribution is -0.111. The van der Waals surface area contributed by atoms with Crippen molar-refractivity contribution in [2.24, 2.45) is 0 Å². The number of methoxy groups -OCH3 is 5. The summed E-state index contributed by atoms with van der Waals surface area (Å²) in [7, 11) is 6.89. The van der Waals surface area contributed by atoms with Gasteiger partial charge in [0.05, 0.1) is 52.4 Å². The van der Waals surface area contributed by atoms with Crippen molar-refractivity contribution in [3.05, 3.63) is 53.1 Å². The first-order valence-electron chi connectivity index (χ1n) is 8.98. The zero-order valence-electron chi connectivity index (χ0n) is 17.8. The molecule has 0 aliphatic carbocycles. The monoisotopic (exact) mass is 429 g/mol. The molecule has 1 N–H and O–H groups in total. The standard InChI is InChI=1S/C22H23NO8/c1-27-17-10-7-13(19(28-2)20(17)29-3)8-11-18(24)23-16-12-14(21(25)30-4)6-9-15(16)22(26)31-5/h6-12H,1-5H3,(H,23,24). The van der Waals surface area contributed by atoms with Gasteiger partial charge in [0.2, 0.25) is 11.7 Å². The van der Waals surface area contributed by atoms with Crippen LogP contribution in [0.3, 0.4) is 0 Å². The van der Waals surface area contributed by atoms with Crippen molar-refractivity contribution in [1.29, 1.82) is 0 Å². The molecule has 0 aliphatic heterocycles. The first-order chi connectivity index (χ1) is 14.9. The Kier molecular flexibility index (Phi) is 8.01. The fourth-order valence-electron chi connectivity index (χ4n) is 2.78. The summed E-state index contributed by atoms with van der Waals surface area (Å²) in [5.74, 6) is -0.595. The number of anilines is 1. The molecule has 0 fully saturated rings. The van der Waals surface area contributed by atoms with Crippen LogP contribution in [0, 0.1) is 0 Å². The number of hydrogen-bond acceptors (Lipinski definition) is 8. The minimum absolute atomic E-state index is 0.0839. The van der Waals surface area contributed by atoms with Gasteiger partial charge < -0.3 is 29.0 Å². The van der Waals surface area contributed by atoms with Gasteiger partial charge in [0, 0.05) is 11.6 Å². The molecule has 2 aromatic carbocycles. The largest absolute Gasteiger partial charge is 0.493 e. The fraction of sp³-hybridized carbons (Fsp3) is 0.227. The van der Waals surface area contributed by atoms with Crippen LogP contribution in [-0.4, -0.2) is 53.4 Å². The summed E-state index contributed by atoms with van der Waals surface area (Å²) in [6.07, 6.45) is 2.76. The van der Waals surface area contributed by atoms with Gasteiger partial charge in [-0.1, -0.05) is 0 Å². The van der Waals surface area contributed by atoms with Gasteiger partial charge in [-0.25, -0.2) is 9.59 Å². The van der Waals surface area contributed by atoms with Gasteiger partial charge in [0.1, 0.15) is 0 Å². The SMILES string of the molecule is COC(=O)c1ccc(C(=O)OC)c(NC(=O)C=Cc2ccc(OC)c(OC)c2OC)c1. The molecule has 2 rings (SSSR count). The number of carbonyl (C=O) groups is 3. The molecule has 0 aromatic heterocycles. The minimum atomic E-state index is -0.669. The van der Waals surface area contributed by atoms with Crippen molar-refractivity contribution in [2.75, 3.05) is 40.9 Å². The number of hydrogen-bond donors (Lipinski definition) is 1. The molecule has 2 aromatic rings. The summed E-state index contributed by atoms with van der Waals surface area (Å²) < 4.78 is 25.3. The molecule has 0 bridgehead atoms. The molecule has 0 unspecified atom stereocenters. The van der Waals surface area contributed by atoms with Crippen LogP contribution in [0.5, 0.6) is 17.2 Å². The van der Waals surface area contributed by atoms with E-state index in [4.69, 9.17) is 18.9 Å². The highest BCUT2D eigenvalue weighted by Crippen LogP contribution is 2.40. The zero-order chi connectivity index (χ0) is 23.0. The number of carbonyl (C=O) groups excluding carboxylic acids is 3. The third-order valence-electron chi connectivity index (χ3n) is 4.25. The molecule has 9 nitrogen and oxygen atoms in total. The molecular weight excluding hydrogens is 406 g/mol. The van der Waals surface area contributed by atoms with Crippen molar-refractivity contribution >= 4 is 29.6 Å². The quantitative estimate of drug-likeness (QED) is 0.504. The van der Waals surface area contributed by atoms with Crippen LogP contribution in [0.4, 0.5) is 5.69 Å². The van der Waals surface area contributed by atoms with Crippen molar-refractivity contribution in [3.8, 4) is 17.2 Å². The van der Waals surface area contributed by atoms with Crippen LogP contribution in [-0.2, 0) is 14.3 Å². The highest BCUT2D eigenvalue weighted by molar-refractivity contribution is 6.07. The Morgan fingerprint density at radius 2 is 1.48 bits per heavy atom. The predicted molar refractivity (Wildman–Crippen MR) is 113 cm³/mol. The molecule has 31 heavy (non-hydrogen) atoms. The summed E-state index contributed by atoms with van der Waals surface area (Å²) in [6, 6.07) is 7.48. The molecule has 0 radical (unpaired) electrons. The van der Waals surface area contributed by atoms with E-state index in [-0.39, 0.29) is 16.8 Å². The molecule has 164 valence electrons. The fourth-order valence-corrected chi connectivity index (χ4v) is 2.78. The molecule has 1 amide bonds. The molecule has 0 saturated heterocycles. The second-order valence-corrected chi connectivity index (χ2v) is 5.99. The number of nitrogens with one attached hydrogen (secondary N) is 1. The Morgan fingerprint density at radius 3 is 2.06 bits per heavy atom. The number of benzene rings is 2. The Bertz CT molecular complexity index is 1010. The first kappa shape index (κ1) is 23.3. The second-order valence-electron chi connectivity index (χ2n) is 5.99. The third-order valence-corrected chi connectivity index (χ3v) is 4.25. The Balaban J connectivity index is 2.35. The van der Waals surface area contributed by atoms with E-state index in [1.807, 2.05) is 0 Å². The van der Waals surface area contributed by atoms with Gasteiger partial charge in [0.25, 0.3) is 0 Å². The number of amides is 1. The topological polar surface area (TPSA) is 109 Å². The van der Waals surface area contributed by atoms with Crippen molar-refractivity contribution in [1.82, 2.24) is 0 Å². The van der Waals surface area contributed by atoms with Gasteiger partial charge in [0.15, 0.2) is 11.5 Å². The molecule has 0 heterocycles. The smallest absolute Gasteiger partial charge is 0.339 e. The Morgan fingerprint density at radius 1 is 0.806 bits per heavy atom. The first-order valence-corrected chi connectivity index (χ1v) is 8.98. The van der Waals surface area contributed by atoms with Crippen LogP contribution < -0.4 is 19.5 Å². The van der Waals surface area contributed by atoms with E-state index in [0.29, 0.717) is 22.8 Å². The number of esters is 2. The molecule has 0 atom stereocenters. The maximum Gasteiger partial charge on any atom is 0.339 e. The lowest BCUT2D eigenvalue weighted by atomic mass is 10.1. The third kappa shape index (κ3) is 5.33. The molecule has 0 aliphatic rings. The lowest BCUT2D eigenvalue weighted by Crippen LogP contribution is -2.14. The summed E-state index contributed by atoms with van der Waals surface area (Å²) in [5.41, 5.74) is 0.909. The average molecular weight is 429 g/mol. The van der Waals surface area contributed by atoms with Crippen LogP contribution in [0.2, 0.25) is 0 Å². The van der Waals surface area contributed by atoms with Gasteiger partial charge in [-0.3, -0.25) is 4.79 Å². The van der Waals surface area contributed by atoms with Crippen LogP contribution in [0.1, 0.15) is 26.3 Å². The summed E-state index contributed by atoms with van der Waals surface area (Å²) in [5, 5.41) is 2.57. The number of ether oxygens (including phenoxy) is 5. The molecule has 0 saturated carbocycles. The van der Waals surface area contributed by atoms with E-state index in [2.05, 4.69) is 10.1 Å². The highest BCUT2D eigenvalue weighted by Gasteiger charge is 2.17. The van der Waals surface area contributed by atoms with Gasteiger partial charge in [-0.15, -0.1) is 0 Å². The zero-order valence-corrected chi connectivity index (χ0v) is 17.8. The summed E-state index contributed by atoms with van der Waals surface area (Å²) >= 11 is 0. The van der Waals surface area contributed by atoms with Crippen molar-refractivity contribution in [3.63, 3.8) is 0 Å². The van der Waals surface area contributed by atoms with E-state index in [0.717, 1.165) is 0 Å². The maximum absolute atomic E-state index is 12.5. The van der Waals surface area contributed by atoms with E-state index in [1.165, 1.54) is 65.9 Å². The minimum Gasteiger partial charge on any atom is -0.493 e. The van der Waals surface area contributed by atoms with E-state index >= 15 is 0 Å². The number of rotatable bonds is 8. The van der Waals surface area contributed by atoms with Crippen LogP contribution in [0.25, 0.3) is 6.08 Å². The average Bonchev–Trinajstić information content (AvgIpc) is 2.80. The van der Waals surface area contributed by atoms with Gasteiger partial charge in [-0.05, 0) is 36.4 Å². The van der Waals surface area contributed by atoms with Crippen molar-refractivity contribution in [2.45, 2.75) is 0 Å². The second kappa shape index (κ2) is 10.7. The predicted octanol–water partition coefficient (Wildman–Crippen LogP) is 2.94. The normalized spacial score (nSPS) is 10.4. The molecule has 0 spiro atoms.